The van der Waals surface area contributed by atoms with Crippen LogP contribution in [0.1, 0.15) is 27.3 Å². The molecular weight excluding hydrogens is 439 g/mol. The average Bonchev–Trinajstić information content (AvgIpc) is 2.71. The van der Waals surface area contributed by atoms with E-state index in [0.29, 0.717) is 39.9 Å². The number of nitrogens with one attached hydrogen (secondary N) is 1. The maximum Gasteiger partial charge on any atom is 0.308 e. The van der Waals surface area contributed by atoms with E-state index in [1.54, 1.807) is 55.4 Å². The Hall–Kier alpha value is -3.16. The second-order valence-corrected chi connectivity index (χ2v) is 7.83. The first-order valence-corrected chi connectivity index (χ1v) is 10.1. The van der Waals surface area contributed by atoms with Gasteiger partial charge in [0.15, 0.2) is 0 Å². The molecule has 3 rings (SSSR count). The normalized spacial score (nSPS) is 10.6. The summed E-state index contributed by atoms with van der Waals surface area (Å²) < 4.78 is 0. The Balaban J connectivity index is 1.75. The molecule has 31 heavy (non-hydrogen) atoms. The fourth-order valence-corrected chi connectivity index (χ4v) is 3.40. The topological polar surface area (TPSA) is 95.4 Å². The van der Waals surface area contributed by atoms with Crippen molar-refractivity contribution in [2.45, 2.75) is 12.8 Å². The number of carbonyl (C=O) groups excluding carboxylic acids is 1. The monoisotopic (exact) mass is 458 g/mol. The average molecular weight is 459 g/mol. The van der Waals surface area contributed by atoms with Crippen LogP contribution in [-0.4, -0.2) is 41.0 Å². The Morgan fingerprint density at radius 3 is 2.39 bits per heavy atom. The van der Waals surface area contributed by atoms with Gasteiger partial charge in [0.1, 0.15) is 16.8 Å². The maximum atomic E-state index is 12.3. The Bertz CT molecular complexity index is 1120. The van der Waals surface area contributed by atoms with Crippen LogP contribution in [0.5, 0.6) is 0 Å². The number of anilines is 2. The molecule has 2 aromatic carbocycles. The maximum absolute atomic E-state index is 12.3. The van der Waals surface area contributed by atoms with E-state index in [1.807, 2.05) is 12.1 Å². The molecule has 0 unspecified atom stereocenters. The number of hydrogen-bond donors (Lipinski definition) is 2. The molecule has 0 spiro atoms. The number of halogens is 2. The summed E-state index contributed by atoms with van der Waals surface area (Å²) in [5, 5.41) is 12.6. The standard InChI is InChI=1S/C22H20Cl2N4O3/c1-28(2)21-17(12-19(29)30)20(24)26-18(27-21)10-13-6-8-16(9-7-13)25-22(31)14-4-3-5-15(23)11-14/h3-9,11H,10,12H2,1-2H3,(H,25,31)(H,29,30). The fraction of sp³-hybridized carbons (Fsp3) is 0.182. The lowest BCUT2D eigenvalue weighted by molar-refractivity contribution is -0.136. The van der Waals surface area contributed by atoms with E-state index in [-0.39, 0.29) is 17.5 Å². The van der Waals surface area contributed by atoms with Crippen LogP contribution in [0.3, 0.4) is 0 Å². The predicted octanol–water partition coefficient (Wildman–Crippen LogP) is 4.32. The van der Waals surface area contributed by atoms with Crippen LogP contribution < -0.4 is 10.2 Å². The Morgan fingerprint density at radius 2 is 1.77 bits per heavy atom. The minimum atomic E-state index is -1.00. The molecule has 1 aromatic heterocycles. The molecule has 0 radical (unpaired) electrons. The van der Waals surface area contributed by atoms with Gasteiger partial charge in [0.25, 0.3) is 5.91 Å². The lowest BCUT2D eigenvalue weighted by Crippen LogP contribution is -2.18. The van der Waals surface area contributed by atoms with Crippen molar-refractivity contribution in [3.63, 3.8) is 0 Å². The van der Waals surface area contributed by atoms with Gasteiger partial charge in [-0.15, -0.1) is 0 Å². The van der Waals surface area contributed by atoms with Gasteiger partial charge in [-0.05, 0) is 35.9 Å². The van der Waals surface area contributed by atoms with Gasteiger partial charge in [-0.1, -0.05) is 41.4 Å². The SMILES string of the molecule is CN(C)c1nc(Cc2ccc(NC(=O)c3cccc(Cl)c3)cc2)nc(Cl)c1CC(=O)O. The van der Waals surface area contributed by atoms with Crippen LogP contribution in [0.25, 0.3) is 0 Å². The number of aromatic nitrogens is 2. The smallest absolute Gasteiger partial charge is 0.308 e. The van der Waals surface area contributed by atoms with E-state index in [0.717, 1.165) is 5.56 Å². The zero-order valence-electron chi connectivity index (χ0n) is 16.9. The van der Waals surface area contributed by atoms with E-state index in [9.17, 15) is 9.59 Å². The zero-order chi connectivity index (χ0) is 22.5. The van der Waals surface area contributed by atoms with Crippen molar-refractivity contribution in [2.75, 3.05) is 24.3 Å². The molecule has 7 nitrogen and oxygen atoms in total. The van der Waals surface area contributed by atoms with Crippen LogP contribution in [-0.2, 0) is 17.6 Å². The van der Waals surface area contributed by atoms with E-state index < -0.39 is 5.97 Å². The van der Waals surface area contributed by atoms with Crippen LogP contribution in [0.2, 0.25) is 10.2 Å². The predicted molar refractivity (Wildman–Crippen MR) is 121 cm³/mol. The Morgan fingerprint density at radius 1 is 1.06 bits per heavy atom. The van der Waals surface area contributed by atoms with Crippen molar-refractivity contribution in [2.24, 2.45) is 0 Å². The second-order valence-electron chi connectivity index (χ2n) is 7.04. The van der Waals surface area contributed by atoms with Gasteiger partial charge in [0.05, 0.1) is 6.42 Å². The highest BCUT2D eigenvalue weighted by Crippen LogP contribution is 2.25. The molecule has 1 heterocycles. The summed E-state index contributed by atoms with van der Waals surface area (Å²) in [6.45, 7) is 0. The largest absolute Gasteiger partial charge is 0.481 e. The molecule has 0 aliphatic carbocycles. The van der Waals surface area contributed by atoms with Gasteiger partial charge in [-0.25, -0.2) is 9.97 Å². The first-order valence-electron chi connectivity index (χ1n) is 9.33. The molecule has 3 aromatic rings. The van der Waals surface area contributed by atoms with Crippen molar-refractivity contribution in [3.8, 4) is 0 Å². The highest BCUT2D eigenvalue weighted by molar-refractivity contribution is 6.31. The van der Waals surface area contributed by atoms with E-state index in [2.05, 4.69) is 15.3 Å². The number of carbonyl (C=O) groups is 2. The number of rotatable bonds is 7. The van der Waals surface area contributed by atoms with Crippen molar-refractivity contribution < 1.29 is 14.7 Å². The number of hydrogen-bond acceptors (Lipinski definition) is 5. The lowest BCUT2D eigenvalue weighted by atomic mass is 10.1. The number of benzene rings is 2. The van der Waals surface area contributed by atoms with Gasteiger partial charge in [-0.2, -0.15) is 0 Å². The molecule has 0 bridgehead atoms. The molecule has 0 aliphatic heterocycles. The third-order valence-corrected chi connectivity index (χ3v) is 4.94. The third kappa shape index (κ3) is 5.93. The first kappa shape index (κ1) is 22.5. The summed E-state index contributed by atoms with van der Waals surface area (Å²) in [6, 6.07) is 14.0. The van der Waals surface area contributed by atoms with Crippen LogP contribution in [0.15, 0.2) is 48.5 Å². The molecule has 0 aliphatic rings. The van der Waals surface area contributed by atoms with Gasteiger partial charge in [0, 0.05) is 42.4 Å². The molecule has 9 heteroatoms. The number of amides is 1. The summed E-state index contributed by atoms with van der Waals surface area (Å²) in [4.78, 5) is 33.9. The first-order chi connectivity index (χ1) is 14.7. The highest BCUT2D eigenvalue weighted by Gasteiger charge is 2.17. The Kier molecular flexibility index (Phi) is 7.09. The minimum Gasteiger partial charge on any atom is -0.481 e. The second kappa shape index (κ2) is 9.76. The van der Waals surface area contributed by atoms with E-state index in [4.69, 9.17) is 28.3 Å². The molecule has 1 amide bonds. The molecule has 0 saturated carbocycles. The van der Waals surface area contributed by atoms with E-state index in [1.165, 1.54) is 0 Å². The van der Waals surface area contributed by atoms with Gasteiger partial charge in [-0.3, -0.25) is 9.59 Å². The molecule has 0 atom stereocenters. The fourth-order valence-electron chi connectivity index (χ4n) is 2.96. The van der Waals surface area contributed by atoms with Crippen LogP contribution in [0.4, 0.5) is 11.5 Å². The summed E-state index contributed by atoms with van der Waals surface area (Å²) in [7, 11) is 3.54. The van der Waals surface area contributed by atoms with Gasteiger partial charge >= 0.3 is 5.97 Å². The quantitative estimate of drug-likeness (QED) is 0.511. The zero-order valence-corrected chi connectivity index (χ0v) is 18.4. The summed E-state index contributed by atoms with van der Waals surface area (Å²) in [5.41, 5.74) is 2.39. The van der Waals surface area contributed by atoms with Gasteiger partial charge in [0.2, 0.25) is 0 Å². The van der Waals surface area contributed by atoms with E-state index >= 15 is 0 Å². The molecular formula is C22H20Cl2N4O3. The molecule has 0 saturated heterocycles. The minimum absolute atomic E-state index is 0.126. The molecule has 0 fully saturated rings. The number of aliphatic carboxylic acids is 1. The number of carboxylic acids is 1. The van der Waals surface area contributed by atoms with Gasteiger partial charge < -0.3 is 15.3 Å². The van der Waals surface area contributed by atoms with Crippen molar-refractivity contribution in [1.82, 2.24) is 9.97 Å². The molecule has 2 N–H and O–H groups in total. The van der Waals surface area contributed by atoms with Crippen LogP contribution >= 0.6 is 23.2 Å². The number of nitrogens with zero attached hydrogens (tertiary/aromatic N) is 3. The lowest BCUT2D eigenvalue weighted by Gasteiger charge is -2.17. The van der Waals surface area contributed by atoms with Crippen molar-refractivity contribution in [3.05, 3.63) is 81.2 Å². The van der Waals surface area contributed by atoms with Crippen molar-refractivity contribution in [1.29, 1.82) is 0 Å². The Labute approximate surface area is 189 Å². The highest BCUT2D eigenvalue weighted by atomic mass is 35.5. The summed E-state index contributed by atoms with van der Waals surface area (Å²) in [5.74, 6) is -0.312. The van der Waals surface area contributed by atoms with Crippen molar-refractivity contribution >= 4 is 46.6 Å². The molecule has 160 valence electrons. The third-order valence-electron chi connectivity index (χ3n) is 4.39. The summed E-state index contributed by atoms with van der Waals surface area (Å²) >= 11 is 12.2. The van der Waals surface area contributed by atoms with Crippen LogP contribution in [0, 0.1) is 0 Å². The number of carboxylic acid groups (broad SMARTS) is 1. The summed E-state index contributed by atoms with van der Waals surface area (Å²) in [6.07, 6.45) is 0.143.